The Balaban J connectivity index is 0.00000261. The maximum absolute atomic E-state index is 12.5. The van der Waals surface area contributed by atoms with E-state index in [9.17, 15) is 19.5 Å². The number of nitrogens with zero attached hydrogens (tertiary/aromatic N) is 1. The Morgan fingerprint density at radius 3 is 2.30 bits per heavy atom. The number of hydrogen-bond acceptors (Lipinski definition) is 5. The minimum Gasteiger partial charge on any atom is -0.550 e. The molecule has 1 aromatic carbocycles. The molecule has 27 heavy (non-hydrogen) atoms. The molecular formula is C19H24KN3O4. The molecule has 1 heterocycles. The Kier molecular flexibility index (Phi) is 7.88. The van der Waals surface area contributed by atoms with Gasteiger partial charge in [-0.25, -0.2) is 0 Å². The molecule has 3 N–H and O–H groups in total. The zero-order chi connectivity index (χ0) is 18.7. The van der Waals surface area contributed by atoms with Crippen LogP contribution in [0.5, 0.6) is 0 Å². The van der Waals surface area contributed by atoms with Gasteiger partial charge in [0, 0.05) is 36.5 Å². The molecule has 1 aromatic rings. The molecular weight excluding hydrogens is 373 g/mol. The van der Waals surface area contributed by atoms with E-state index in [0.29, 0.717) is 24.1 Å². The number of nitrogens with two attached hydrogens (primary N) is 1. The summed E-state index contributed by atoms with van der Waals surface area (Å²) >= 11 is 0. The molecule has 2 amide bonds. The number of nitrogens with one attached hydrogen (secondary N) is 1. The zero-order valence-electron chi connectivity index (χ0n) is 15.8. The van der Waals surface area contributed by atoms with Gasteiger partial charge in [0.1, 0.15) is 0 Å². The van der Waals surface area contributed by atoms with Gasteiger partial charge in [-0.15, -0.1) is 0 Å². The molecule has 1 aliphatic carbocycles. The second kappa shape index (κ2) is 9.51. The third kappa shape index (κ3) is 5.11. The third-order valence-corrected chi connectivity index (χ3v) is 5.49. The topological polar surface area (TPSA) is 116 Å². The van der Waals surface area contributed by atoms with Crippen LogP contribution in [0.1, 0.15) is 55.3 Å². The molecule has 2 aliphatic rings. The van der Waals surface area contributed by atoms with Gasteiger partial charge in [-0.2, -0.15) is 0 Å². The standard InChI is InChI=1S/C19H25N3O4.K/c20-17(24)13-5-6-15(22-9-2-1-3-10-22)14(11-13)21-16(23)12-19(18(25)26)7-4-8-19;/h5-6,11H,1-4,7-10,12H2,(H2,20,24)(H,21,23)(H,25,26);/q;+1/p-1. The Morgan fingerprint density at radius 2 is 1.78 bits per heavy atom. The van der Waals surface area contributed by atoms with E-state index in [1.807, 2.05) is 0 Å². The predicted octanol–water partition coefficient (Wildman–Crippen LogP) is -1.97. The molecule has 8 heteroatoms. The molecule has 140 valence electrons. The number of carbonyl (C=O) groups excluding carboxylic acids is 3. The van der Waals surface area contributed by atoms with E-state index in [4.69, 9.17) is 5.73 Å². The van der Waals surface area contributed by atoms with Crippen LogP contribution in [0.2, 0.25) is 0 Å². The first kappa shape index (κ1) is 22.4. The summed E-state index contributed by atoms with van der Waals surface area (Å²) in [6.07, 6.45) is 4.91. The van der Waals surface area contributed by atoms with Gasteiger partial charge >= 0.3 is 51.4 Å². The fraction of sp³-hybridized carbons (Fsp3) is 0.526. The van der Waals surface area contributed by atoms with Crippen molar-refractivity contribution in [3.05, 3.63) is 23.8 Å². The quantitative estimate of drug-likeness (QED) is 0.540. The maximum Gasteiger partial charge on any atom is 1.00 e. The summed E-state index contributed by atoms with van der Waals surface area (Å²) in [4.78, 5) is 37.6. The van der Waals surface area contributed by atoms with Crippen molar-refractivity contribution in [1.82, 2.24) is 0 Å². The Labute approximate surface area is 201 Å². The zero-order valence-corrected chi connectivity index (χ0v) is 18.9. The Hall–Kier alpha value is -0.934. The summed E-state index contributed by atoms with van der Waals surface area (Å²) in [7, 11) is 0. The number of anilines is 2. The largest absolute Gasteiger partial charge is 1.00 e. The number of hydrogen-bond donors (Lipinski definition) is 2. The Bertz CT molecular complexity index is 728. The van der Waals surface area contributed by atoms with E-state index in [1.165, 1.54) is 6.42 Å². The van der Waals surface area contributed by atoms with Crippen LogP contribution in [0, 0.1) is 5.41 Å². The first-order valence-corrected chi connectivity index (χ1v) is 9.11. The second-order valence-electron chi connectivity index (χ2n) is 7.29. The van der Waals surface area contributed by atoms with Crippen molar-refractivity contribution in [1.29, 1.82) is 0 Å². The van der Waals surface area contributed by atoms with Gasteiger partial charge in [0.15, 0.2) is 0 Å². The SMILES string of the molecule is NC(=O)c1ccc(N2CCCCC2)c(NC(=O)CC2(C(=O)[O-])CCC2)c1.[K+]. The van der Waals surface area contributed by atoms with Crippen molar-refractivity contribution in [2.75, 3.05) is 23.3 Å². The summed E-state index contributed by atoms with van der Waals surface area (Å²) in [6.45, 7) is 1.75. The van der Waals surface area contributed by atoms with Gasteiger partial charge in [0.05, 0.1) is 11.4 Å². The van der Waals surface area contributed by atoms with Gasteiger partial charge in [-0.05, 0) is 50.3 Å². The van der Waals surface area contributed by atoms with Crippen molar-refractivity contribution in [3.8, 4) is 0 Å². The first-order valence-electron chi connectivity index (χ1n) is 9.11. The molecule has 0 radical (unpaired) electrons. The first-order chi connectivity index (χ1) is 12.4. The molecule has 0 atom stereocenters. The number of piperidine rings is 1. The molecule has 1 saturated heterocycles. The molecule has 0 aromatic heterocycles. The molecule has 1 aliphatic heterocycles. The number of primary amides is 1. The number of rotatable bonds is 6. The Morgan fingerprint density at radius 1 is 1.11 bits per heavy atom. The number of carboxylic acid groups (broad SMARTS) is 1. The van der Waals surface area contributed by atoms with Gasteiger partial charge in [-0.3, -0.25) is 9.59 Å². The summed E-state index contributed by atoms with van der Waals surface area (Å²) in [5.74, 6) is -2.12. The summed E-state index contributed by atoms with van der Waals surface area (Å²) in [6, 6.07) is 5.01. The number of aliphatic carboxylic acids is 1. The van der Waals surface area contributed by atoms with Crippen LogP contribution in [-0.4, -0.2) is 30.9 Å². The van der Waals surface area contributed by atoms with E-state index in [1.54, 1.807) is 18.2 Å². The average molecular weight is 398 g/mol. The number of benzene rings is 1. The third-order valence-electron chi connectivity index (χ3n) is 5.49. The minimum absolute atomic E-state index is 0. The van der Waals surface area contributed by atoms with Crippen LogP contribution >= 0.6 is 0 Å². The van der Waals surface area contributed by atoms with Gasteiger partial charge in [0.2, 0.25) is 11.8 Å². The monoisotopic (exact) mass is 397 g/mol. The molecule has 0 bridgehead atoms. The summed E-state index contributed by atoms with van der Waals surface area (Å²) in [5, 5.41) is 14.2. The predicted molar refractivity (Wildman–Crippen MR) is 95.6 cm³/mol. The fourth-order valence-electron chi connectivity index (χ4n) is 3.76. The van der Waals surface area contributed by atoms with Crippen LogP contribution in [-0.2, 0) is 9.59 Å². The van der Waals surface area contributed by atoms with E-state index in [0.717, 1.165) is 38.0 Å². The number of carboxylic acids is 1. The molecule has 0 spiro atoms. The number of amides is 2. The van der Waals surface area contributed by atoms with Crippen LogP contribution in [0.25, 0.3) is 0 Å². The molecule has 1 saturated carbocycles. The van der Waals surface area contributed by atoms with Gasteiger partial charge in [-0.1, -0.05) is 6.42 Å². The summed E-state index contributed by atoms with van der Waals surface area (Å²) in [5.41, 5.74) is 5.94. The van der Waals surface area contributed by atoms with E-state index >= 15 is 0 Å². The molecule has 2 fully saturated rings. The summed E-state index contributed by atoms with van der Waals surface area (Å²) < 4.78 is 0. The van der Waals surface area contributed by atoms with Crippen molar-refractivity contribution in [2.24, 2.45) is 11.1 Å². The van der Waals surface area contributed by atoms with E-state index in [-0.39, 0.29) is 63.7 Å². The van der Waals surface area contributed by atoms with Crippen molar-refractivity contribution >= 4 is 29.2 Å². The fourth-order valence-corrected chi connectivity index (χ4v) is 3.76. The van der Waals surface area contributed by atoms with Crippen molar-refractivity contribution in [2.45, 2.75) is 44.9 Å². The number of carbonyl (C=O) groups is 3. The van der Waals surface area contributed by atoms with Crippen LogP contribution in [0.4, 0.5) is 11.4 Å². The van der Waals surface area contributed by atoms with E-state index < -0.39 is 17.3 Å². The van der Waals surface area contributed by atoms with Crippen LogP contribution in [0.3, 0.4) is 0 Å². The molecule has 0 unspecified atom stereocenters. The molecule has 3 rings (SSSR count). The van der Waals surface area contributed by atoms with Crippen LogP contribution < -0.4 is 72.4 Å². The molecule has 7 nitrogen and oxygen atoms in total. The maximum atomic E-state index is 12.5. The minimum atomic E-state index is -1.17. The second-order valence-corrected chi connectivity index (χ2v) is 7.29. The average Bonchev–Trinajstić information content (AvgIpc) is 2.58. The van der Waals surface area contributed by atoms with Crippen molar-refractivity contribution < 1.29 is 70.9 Å². The normalized spacial score (nSPS) is 18.0. The van der Waals surface area contributed by atoms with Gasteiger partial charge < -0.3 is 25.9 Å². The van der Waals surface area contributed by atoms with Crippen molar-refractivity contribution in [3.63, 3.8) is 0 Å². The van der Waals surface area contributed by atoms with Gasteiger partial charge in [0.25, 0.3) is 0 Å². The van der Waals surface area contributed by atoms with Crippen LogP contribution in [0.15, 0.2) is 18.2 Å². The smallest absolute Gasteiger partial charge is 0.550 e. The van der Waals surface area contributed by atoms with E-state index in [2.05, 4.69) is 10.2 Å².